The van der Waals surface area contributed by atoms with Crippen molar-refractivity contribution in [1.82, 2.24) is 14.6 Å². The van der Waals surface area contributed by atoms with Crippen molar-refractivity contribution in [3.63, 3.8) is 0 Å². The number of aromatic amines is 1. The monoisotopic (exact) mass is 285 g/mol. The van der Waals surface area contributed by atoms with Crippen LogP contribution < -0.4 is 5.32 Å². The molecule has 6 heteroatoms. The highest BCUT2D eigenvalue weighted by Gasteiger charge is 2.21. The Bertz CT molecular complexity index is 494. The van der Waals surface area contributed by atoms with Gasteiger partial charge < -0.3 is 10.3 Å². The third-order valence-electron chi connectivity index (χ3n) is 2.87. The third-order valence-corrected chi connectivity index (χ3v) is 4.71. The number of rotatable bonds is 9. The molecule has 1 aromatic rings. The summed E-state index contributed by atoms with van der Waals surface area (Å²) in [4.78, 5) is 3.31. The Morgan fingerprint density at radius 1 is 1.53 bits per heavy atom. The van der Waals surface area contributed by atoms with Crippen molar-refractivity contribution in [2.24, 2.45) is 0 Å². The topological polar surface area (TPSA) is 65.2 Å². The maximum atomic E-state index is 12.3. The van der Waals surface area contributed by atoms with Gasteiger partial charge >= 0.3 is 0 Å². The SMILES string of the molecule is C=CCCCN(C)S(=O)(=O)c1c[nH]c(CNCC)c1. The number of unbranched alkanes of at least 4 members (excludes halogenated alkanes) is 1. The van der Waals surface area contributed by atoms with Crippen LogP contribution in [-0.2, 0) is 16.6 Å². The summed E-state index contributed by atoms with van der Waals surface area (Å²) in [5.74, 6) is 0. The van der Waals surface area contributed by atoms with E-state index in [0.29, 0.717) is 18.0 Å². The van der Waals surface area contributed by atoms with E-state index in [9.17, 15) is 8.42 Å². The van der Waals surface area contributed by atoms with Gasteiger partial charge in [0.25, 0.3) is 0 Å². The maximum Gasteiger partial charge on any atom is 0.244 e. The first kappa shape index (κ1) is 15.9. The number of allylic oxidation sites excluding steroid dienone is 1. The second-order valence-corrected chi connectivity index (χ2v) is 6.44. The Labute approximate surface area is 115 Å². The zero-order chi connectivity index (χ0) is 14.3. The van der Waals surface area contributed by atoms with Crippen LogP contribution in [0, 0.1) is 0 Å². The van der Waals surface area contributed by atoms with Gasteiger partial charge in [0, 0.05) is 32.0 Å². The highest BCUT2D eigenvalue weighted by atomic mass is 32.2. The fourth-order valence-corrected chi connectivity index (χ4v) is 2.92. The number of hydrogen-bond acceptors (Lipinski definition) is 3. The smallest absolute Gasteiger partial charge is 0.244 e. The molecule has 0 saturated carbocycles. The zero-order valence-electron chi connectivity index (χ0n) is 11.6. The van der Waals surface area contributed by atoms with Crippen LogP contribution in [0.25, 0.3) is 0 Å². The lowest BCUT2D eigenvalue weighted by atomic mass is 10.3. The summed E-state index contributed by atoms with van der Waals surface area (Å²) < 4.78 is 25.9. The average Bonchev–Trinajstić information content (AvgIpc) is 2.85. The van der Waals surface area contributed by atoms with Crippen LogP contribution >= 0.6 is 0 Å². The Morgan fingerprint density at radius 2 is 2.26 bits per heavy atom. The molecule has 1 aromatic heterocycles. The van der Waals surface area contributed by atoms with E-state index >= 15 is 0 Å². The number of aromatic nitrogens is 1. The van der Waals surface area contributed by atoms with Gasteiger partial charge in [0.2, 0.25) is 10.0 Å². The van der Waals surface area contributed by atoms with Crippen LogP contribution in [0.2, 0.25) is 0 Å². The van der Waals surface area contributed by atoms with Crippen LogP contribution in [-0.4, -0.2) is 37.8 Å². The van der Waals surface area contributed by atoms with Crippen molar-refractivity contribution >= 4 is 10.0 Å². The zero-order valence-corrected chi connectivity index (χ0v) is 12.5. The molecule has 0 spiro atoms. The number of H-pyrrole nitrogens is 1. The molecule has 0 aromatic carbocycles. The van der Waals surface area contributed by atoms with Crippen molar-refractivity contribution in [2.45, 2.75) is 31.2 Å². The first-order valence-electron chi connectivity index (χ1n) is 6.47. The van der Waals surface area contributed by atoms with Gasteiger partial charge in [-0.25, -0.2) is 12.7 Å². The molecule has 0 bridgehead atoms. The second kappa shape index (κ2) is 7.47. The largest absolute Gasteiger partial charge is 0.363 e. The molecule has 108 valence electrons. The molecule has 0 amide bonds. The van der Waals surface area contributed by atoms with Crippen molar-refractivity contribution in [3.05, 3.63) is 30.6 Å². The average molecular weight is 285 g/mol. The van der Waals surface area contributed by atoms with E-state index in [1.165, 1.54) is 4.31 Å². The molecule has 2 N–H and O–H groups in total. The van der Waals surface area contributed by atoms with E-state index in [2.05, 4.69) is 16.9 Å². The molecule has 0 unspecified atom stereocenters. The normalized spacial score (nSPS) is 11.9. The van der Waals surface area contributed by atoms with Crippen molar-refractivity contribution in [2.75, 3.05) is 20.1 Å². The van der Waals surface area contributed by atoms with Gasteiger partial charge in [0.05, 0.1) is 4.90 Å². The van der Waals surface area contributed by atoms with Crippen LogP contribution in [0.15, 0.2) is 29.8 Å². The summed E-state index contributed by atoms with van der Waals surface area (Å²) in [5, 5.41) is 3.15. The number of nitrogens with one attached hydrogen (secondary N) is 2. The highest BCUT2D eigenvalue weighted by Crippen LogP contribution is 2.16. The maximum absolute atomic E-state index is 12.3. The van der Waals surface area contributed by atoms with E-state index in [-0.39, 0.29) is 0 Å². The molecule has 0 fully saturated rings. The summed E-state index contributed by atoms with van der Waals surface area (Å²) >= 11 is 0. The molecule has 5 nitrogen and oxygen atoms in total. The van der Waals surface area contributed by atoms with Gasteiger partial charge in [-0.3, -0.25) is 0 Å². The molecular formula is C13H23N3O2S. The van der Waals surface area contributed by atoms with Crippen LogP contribution in [0.3, 0.4) is 0 Å². The lowest BCUT2D eigenvalue weighted by Crippen LogP contribution is -2.27. The van der Waals surface area contributed by atoms with Crippen molar-refractivity contribution in [1.29, 1.82) is 0 Å². The van der Waals surface area contributed by atoms with Gasteiger partial charge in [0.1, 0.15) is 0 Å². The number of sulfonamides is 1. The minimum atomic E-state index is -3.38. The molecule has 0 saturated heterocycles. The van der Waals surface area contributed by atoms with Gasteiger partial charge in [-0.15, -0.1) is 6.58 Å². The lowest BCUT2D eigenvalue weighted by Gasteiger charge is -2.15. The molecule has 1 rings (SSSR count). The van der Waals surface area contributed by atoms with E-state index in [1.54, 1.807) is 25.4 Å². The standard InChI is InChI=1S/C13H23N3O2S/c1-4-6-7-8-16(3)19(17,18)13-9-12(15-11-13)10-14-5-2/h4,9,11,14-15H,1,5-8,10H2,2-3H3. The predicted molar refractivity (Wildman–Crippen MR) is 77.4 cm³/mol. The molecule has 0 aliphatic heterocycles. The Hall–Kier alpha value is -1.11. The summed E-state index contributed by atoms with van der Waals surface area (Å²) in [6.07, 6.45) is 4.95. The van der Waals surface area contributed by atoms with Gasteiger partial charge in [0.15, 0.2) is 0 Å². The molecular weight excluding hydrogens is 262 g/mol. The van der Waals surface area contributed by atoms with E-state index < -0.39 is 10.0 Å². The number of nitrogens with zero attached hydrogens (tertiary/aromatic N) is 1. The van der Waals surface area contributed by atoms with Gasteiger partial charge in [-0.05, 0) is 25.5 Å². The Morgan fingerprint density at radius 3 is 2.89 bits per heavy atom. The first-order valence-corrected chi connectivity index (χ1v) is 7.91. The minimum Gasteiger partial charge on any atom is -0.363 e. The fraction of sp³-hybridized carbons (Fsp3) is 0.538. The quantitative estimate of drug-likeness (QED) is 0.536. The molecule has 0 aliphatic carbocycles. The lowest BCUT2D eigenvalue weighted by molar-refractivity contribution is 0.463. The number of hydrogen-bond donors (Lipinski definition) is 2. The Balaban J connectivity index is 2.70. The Kier molecular flexibility index (Phi) is 6.27. The summed E-state index contributed by atoms with van der Waals surface area (Å²) in [6.45, 7) is 7.63. The fourth-order valence-electron chi connectivity index (χ4n) is 1.69. The third kappa shape index (κ3) is 4.49. The molecule has 0 radical (unpaired) electrons. The van der Waals surface area contributed by atoms with E-state index in [1.807, 2.05) is 6.92 Å². The van der Waals surface area contributed by atoms with E-state index in [0.717, 1.165) is 25.1 Å². The minimum absolute atomic E-state index is 0.321. The van der Waals surface area contributed by atoms with Gasteiger partial charge in [-0.2, -0.15) is 0 Å². The van der Waals surface area contributed by atoms with Crippen molar-refractivity contribution in [3.8, 4) is 0 Å². The second-order valence-electron chi connectivity index (χ2n) is 4.40. The molecule has 19 heavy (non-hydrogen) atoms. The van der Waals surface area contributed by atoms with Crippen molar-refractivity contribution < 1.29 is 8.42 Å². The van der Waals surface area contributed by atoms with Crippen LogP contribution in [0.1, 0.15) is 25.5 Å². The van der Waals surface area contributed by atoms with Gasteiger partial charge in [-0.1, -0.05) is 13.0 Å². The van der Waals surface area contributed by atoms with Crippen LogP contribution in [0.5, 0.6) is 0 Å². The summed E-state index contributed by atoms with van der Waals surface area (Å²) in [6, 6.07) is 1.68. The first-order chi connectivity index (χ1) is 9.02. The molecule has 1 heterocycles. The summed E-state index contributed by atoms with van der Waals surface area (Å²) in [7, 11) is -1.78. The predicted octanol–water partition coefficient (Wildman–Crippen LogP) is 1.71. The molecule has 0 aliphatic rings. The molecule has 0 atom stereocenters. The van der Waals surface area contributed by atoms with E-state index in [4.69, 9.17) is 0 Å². The van der Waals surface area contributed by atoms with Crippen LogP contribution in [0.4, 0.5) is 0 Å². The summed E-state index contributed by atoms with van der Waals surface area (Å²) in [5.41, 5.74) is 0.875. The highest BCUT2D eigenvalue weighted by molar-refractivity contribution is 7.89.